The third-order valence-corrected chi connectivity index (χ3v) is 2.93. The van der Waals surface area contributed by atoms with Gasteiger partial charge in [-0.05, 0) is 12.5 Å². The van der Waals surface area contributed by atoms with E-state index in [2.05, 4.69) is 23.9 Å². The minimum Gasteiger partial charge on any atom is -0.315 e. The van der Waals surface area contributed by atoms with E-state index in [1.165, 1.54) is 0 Å². The van der Waals surface area contributed by atoms with E-state index < -0.39 is 10.0 Å². The Hall–Kier alpha value is -0.130. The van der Waals surface area contributed by atoms with Crippen molar-refractivity contribution in [3.05, 3.63) is 0 Å². The van der Waals surface area contributed by atoms with Gasteiger partial charge in [-0.25, -0.2) is 13.1 Å². The van der Waals surface area contributed by atoms with Crippen molar-refractivity contribution in [1.29, 1.82) is 0 Å². The highest BCUT2D eigenvalue weighted by atomic mass is 32.2. The van der Waals surface area contributed by atoms with Crippen LogP contribution in [-0.4, -0.2) is 33.8 Å². The lowest BCUT2D eigenvalue weighted by Crippen LogP contribution is -2.32. The van der Waals surface area contributed by atoms with E-state index in [4.69, 9.17) is 0 Å². The minimum absolute atomic E-state index is 0.160. The second-order valence-electron chi connectivity index (χ2n) is 3.41. The number of nitrogens with one attached hydrogen (secondary N) is 2. The number of rotatable bonds is 7. The molecule has 0 heterocycles. The summed E-state index contributed by atoms with van der Waals surface area (Å²) in [7, 11) is -3.04. The van der Waals surface area contributed by atoms with Crippen molar-refractivity contribution in [2.45, 2.75) is 20.8 Å². The van der Waals surface area contributed by atoms with Crippen LogP contribution in [0, 0.1) is 5.92 Å². The fourth-order valence-electron chi connectivity index (χ4n) is 0.889. The molecule has 0 aromatic heterocycles. The lowest BCUT2D eigenvalue weighted by Gasteiger charge is -2.07. The molecule has 0 amide bonds. The summed E-state index contributed by atoms with van der Waals surface area (Å²) in [6.45, 7) is 7.80. The van der Waals surface area contributed by atoms with Gasteiger partial charge in [-0.1, -0.05) is 20.8 Å². The topological polar surface area (TPSA) is 58.2 Å². The average molecular weight is 208 g/mol. The van der Waals surface area contributed by atoms with Crippen LogP contribution in [0.1, 0.15) is 20.8 Å². The van der Waals surface area contributed by atoms with Gasteiger partial charge < -0.3 is 5.32 Å². The molecule has 0 fully saturated rings. The second kappa shape index (κ2) is 6.34. The van der Waals surface area contributed by atoms with Crippen molar-refractivity contribution in [1.82, 2.24) is 10.0 Å². The Kier molecular flexibility index (Phi) is 6.28. The molecule has 13 heavy (non-hydrogen) atoms. The Morgan fingerprint density at radius 1 is 1.31 bits per heavy atom. The Balaban J connectivity index is 3.53. The molecule has 4 nitrogen and oxygen atoms in total. The Morgan fingerprint density at radius 2 is 1.92 bits per heavy atom. The third-order valence-electron chi connectivity index (χ3n) is 1.46. The zero-order valence-electron chi connectivity index (χ0n) is 8.63. The molecule has 0 aliphatic carbocycles. The van der Waals surface area contributed by atoms with E-state index in [0.717, 1.165) is 6.54 Å². The minimum atomic E-state index is -3.04. The lowest BCUT2D eigenvalue weighted by molar-refractivity contribution is 0.553. The zero-order chi connectivity index (χ0) is 10.3. The molecule has 0 spiro atoms. The fraction of sp³-hybridized carbons (Fsp3) is 1.00. The molecule has 0 saturated carbocycles. The maximum Gasteiger partial charge on any atom is 0.212 e. The molecular weight excluding hydrogens is 188 g/mol. The summed E-state index contributed by atoms with van der Waals surface area (Å²) in [6.07, 6.45) is 0. The summed E-state index contributed by atoms with van der Waals surface area (Å²) < 4.78 is 24.7. The summed E-state index contributed by atoms with van der Waals surface area (Å²) in [5.41, 5.74) is 0. The van der Waals surface area contributed by atoms with E-state index in [9.17, 15) is 8.42 Å². The van der Waals surface area contributed by atoms with Crippen LogP contribution in [0.25, 0.3) is 0 Å². The monoisotopic (exact) mass is 208 g/mol. The first-order valence-electron chi connectivity index (χ1n) is 4.66. The Morgan fingerprint density at radius 3 is 2.38 bits per heavy atom. The average Bonchev–Trinajstić information content (AvgIpc) is 1.98. The van der Waals surface area contributed by atoms with E-state index in [1.54, 1.807) is 6.92 Å². The van der Waals surface area contributed by atoms with Crippen LogP contribution in [0.5, 0.6) is 0 Å². The van der Waals surface area contributed by atoms with Crippen LogP contribution in [0.15, 0.2) is 0 Å². The van der Waals surface area contributed by atoms with E-state index >= 15 is 0 Å². The molecule has 0 aromatic rings. The highest BCUT2D eigenvalue weighted by Gasteiger charge is 2.06. The molecule has 0 radical (unpaired) electrons. The van der Waals surface area contributed by atoms with Gasteiger partial charge in [-0.2, -0.15) is 0 Å². The van der Waals surface area contributed by atoms with Crippen molar-refractivity contribution < 1.29 is 8.42 Å². The predicted octanol–water partition coefficient (Wildman–Crippen LogP) is 0.171. The van der Waals surface area contributed by atoms with Gasteiger partial charge in [0.1, 0.15) is 0 Å². The molecular formula is C8H20N2O2S. The van der Waals surface area contributed by atoms with Crippen molar-refractivity contribution in [3.8, 4) is 0 Å². The molecule has 2 N–H and O–H groups in total. The smallest absolute Gasteiger partial charge is 0.212 e. The van der Waals surface area contributed by atoms with Crippen LogP contribution in [-0.2, 0) is 10.0 Å². The zero-order valence-corrected chi connectivity index (χ0v) is 9.45. The summed E-state index contributed by atoms with van der Waals surface area (Å²) in [6, 6.07) is 0. The van der Waals surface area contributed by atoms with Gasteiger partial charge in [0.25, 0.3) is 0 Å². The first kappa shape index (κ1) is 12.9. The maximum absolute atomic E-state index is 11.1. The molecule has 0 bridgehead atoms. The van der Waals surface area contributed by atoms with Gasteiger partial charge in [0.15, 0.2) is 0 Å². The van der Waals surface area contributed by atoms with Gasteiger partial charge in [0.05, 0.1) is 5.75 Å². The van der Waals surface area contributed by atoms with Crippen LogP contribution < -0.4 is 10.0 Å². The molecule has 0 aliphatic heterocycles. The second-order valence-corrected chi connectivity index (χ2v) is 5.34. The quantitative estimate of drug-likeness (QED) is 0.586. The normalized spacial score (nSPS) is 12.3. The Labute approximate surface area is 81.2 Å². The van der Waals surface area contributed by atoms with Crippen LogP contribution in [0.4, 0.5) is 0 Å². The molecule has 0 saturated heterocycles. The summed E-state index contributed by atoms with van der Waals surface area (Å²) in [5.74, 6) is 0.718. The standard InChI is InChI=1S/C8H20N2O2S/c1-4-10-13(11,12)6-5-9-7-8(2)3/h8-10H,4-7H2,1-3H3. The van der Waals surface area contributed by atoms with Gasteiger partial charge in [-0.3, -0.25) is 0 Å². The number of hydrogen-bond acceptors (Lipinski definition) is 3. The summed E-state index contributed by atoms with van der Waals surface area (Å²) in [4.78, 5) is 0. The Bertz CT molecular complexity index is 212. The van der Waals surface area contributed by atoms with Crippen molar-refractivity contribution in [2.75, 3.05) is 25.4 Å². The SMILES string of the molecule is CCNS(=O)(=O)CCNCC(C)C. The molecule has 0 atom stereocenters. The van der Waals surface area contributed by atoms with E-state index in [1.807, 2.05) is 0 Å². The van der Waals surface area contributed by atoms with Crippen LogP contribution in [0.3, 0.4) is 0 Å². The lowest BCUT2D eigenvalue weighted by atomic mass is 10.2. The van der Waals surface area contributed by atoms with E-state index in [0.29, 0.717) is 19.0 Å². The molecule has 0 unspecified atom stereocenters. The third kappa shape index (κ3) is 8.21. The molecule has 0 aliphatic rings. The highest BCUT2D eigenvalue weighted by molar-refractivity contribution is 7.89. The van der Waals surface area contributed by atoms with Gasteiger partial charge in [-0.15, -0.1) is 0 Å². The van der Waals surface area contributed by atoms with Crippen molar-refractivity contribution >= 4 is 10.0 Å². The summed E-state index contributed by atoms with van der Waals surface area (Å²) in [5, 5.41) is 3.08. The first-order chi connectivity index (χ1) is 5.98. The predicted molar refractivity (Wildman–Crippen MR) is 55.2 cm³/mol. The number of sulfonamides is 1. The van der Waals surface area contributed by atoms with Crippen LogP contribution in [0.2, 0.25) is 0 Å². The van der Waals surface area contributed by atoms with Crippen LogP contribution >= 0.6 is 0 Å². The largest absolute Gasteiger partial charge is 0.315 e. The maximum atomic E-state index is 11.1. The highest BCUT2D eigenvalue weighted by Crippen LogP contribution is 1.87. The summed E-state index contributed by atoms with van der Waals surface area (Å²) >= 11 is 0. The first-order valence-corrected chi connectivity index (χ1v) is 6.31. The van der Waals surface area contributed by atoms with Crippen molar-refractivity contribution in [3.63, 3.8) is 0 Å². The van der Waals surface area contributed by atoms with Gasteiger partial charge in [0, 0.05) is 13.1 Å². The molecule has 0 rings (SSSR count). The number of hydrogen-bond donors (Lipinski definition) is 2. The fourth-order valence-corrected chi connectivity index (χ4v) is 1.89. The molecule has 5 heteroatoms. The molecule has 0 aromatic carbocycles. The van der Waals surface area contributed by atoms with Gasteiger partial charge in [0.2, 0.25) is 10.0 Å². The van der Waals surface area contributed by atoms with E-state index in [-0.39, 0.29) is 5.75 Å². The van der Waals surface area contributed by atoms with Gasteiger partial charge >= 0.3 is 0 Å². The van der Waals surface area contributed by atoms with Crippen molar-refractivity contribution in [2.24, 2.45) is 5.92 Å². The molecule has 80 valence electrons.